The predicted octanol–water partition coefficient (Wildman–Crippen LogP) is 4.87. The van der Waals surface area contributed by atoms with Crippen LogP contribution in [-0.4, -0.2) is 16.5 Å². The molecule has 0 amide bonds. The zero-order chi connectivity index (χ0) is 16.6. The van der Waals surface area contributed by atoms with E-state index >= 15 is 0 Å². The van der Waals surface area contributed by atoms with Gasteiger partial charge < -0.3 is 9.15 Å². The molecule has 0 saturated carbocycles. The summed E-state index contributed by atoms with van der Waals surface area (Å²) in [6.07, 6.45) is 0. The van der Waals surface area contributed by atoms with Crippen molar-refractivity contribution in [1.29, 1.82) is 0 Å². The molecule has 3 rings (SSSR count). The van der Waals surface area contributed by atoms with E-state index in [0.717, 1.165) is 15.8 Å². The van der Waals surface area contributed by atoms with Gasteiger partial charge in [-0.2, -0.15) is 0 Å². The summed E-state index contributed by atoms with van der Waals surface area (Å²) in [6.45, 7) is 4.25. The quantitative estimate of drug-likeness (QED) is 0.479. The molecule has 1 aromatic heterocycles. The van der Waals surface area contributed by atoms with Gasteiger partial charge in [-0.15, -0.1) is 0 Å². The molecule has 0 aliphatic heterocycles. The summed E-state index contributed by atoms with van der Waals surface area (Å²) in [5, 5.41) is 10.9. The van der Waals surface area contributed by atoms with E-state index in [0.29, 0.717) is 29.2 Å². The highest BCUT2D eigenvalue weighted by Gasteiger charge is 2.16. The maximum absolute atomic E-state index is 10.9. The molecule has 0 atom stereocenters. The number of hydrogen-bond donors (Lipinski definition) is 0. The minimum absolute atomic E-state index is 0.00252. The smallest absolute Gasteiger partial charge is 0.272 e. The molecular weight excluding hydrogens is 364 g/mol. The van der Waals surface area contributed by atoms with Crippen LogP contribution in [0.15, 0.2) is 39.2 Å². The Kier molecular flexibility index (Phi) is 4.04. The largest absolute Gasteiger partial charge is 0.493 e. The van der Waals surface area contributed by atoms with Gasteiger partial charge in [0.25, 0.3) is 5.69 Å². The molecule has 3 aromatic rings. The van der Waals surface area contributed by atoms with Gasteiger partial charge in [0.1, 0.15) is 11.3 Å². The van der Waals surface area contributed by atoms with Crippen LogP contribution in [-0.2, 0) is 0 Å². The van der Waals surface area contributed by atoms with Gasteiger partial charge in [-0.1, -0.05) is 0 Å². The normalized spacial score (nSPS) is 10.9. The second-order valence-electron chi connectivity index (χ2n) is 4.97. The summed E-state index contributed by atoms with van der Waals surface area (Å²) in [5.41, 5.74) is 2.46. The molecule has 0 radical (unpaired) electrons. The van der Waals surface area contributed by atoms with Crippen molar-refractivity contribution in [3.8, 4) is 17.2 Å². The number of oxazole rings is 1. The van der Waals surface area contributed by atoms with Crippen LogP contribution >= 0.6 is 15.9 Å². The van der Waals surface area contributed by atoms with Gasteiger partial charge in [0, 0.05) is 23.3 Å². The zero-order valence-corrected chi connectivity index (χ0v) is 14.1. The molecule has 0 fully saturated rings. The van der Waals surface area contributed by atoms with Crippen LogP contribution in [0.4, 0.5) is 5.69 Å². The minimum Gasteiger partial charge on any atom is -0.493 e. The molecule has 0 spiro atoms. The van der Waals surface area contributed by atoms with Crippen LogP contribution in [0.5, 0.6) is 5.75 Å². The van der Waals surface area contributed by atoms with Gasteiger partial charge in [-0.25, -0.2) is 4.98 Å². The summed E-state index contributed by atoms with van der Waals surface area (Å²) in [6, 6.07) is 8.40. The molecule has 0 unspecified atom stereocenters. The number of aromatic nitrogens is 1. The number of ether oxygens (including phenoxy) is 1. The first-order valence-corrected chi connectivity index (χ1v) is 7.77. The molecule has 0 aliphatic rings. The third-order valence-corrected chi connectivity index (χ3v) is 3.97. The topological polar surface area (TPSA) is 78.4 Å². The van der Waals surface area contributed by atoms with E-state index < -0.39 is 4.92 Å². The van der Waals surface area contributed by atoms with E-state index in [1.165, 1.54) is 12.1 Å². The van der Waals surface area contributed by atoms with E-state index in [9.17, 15) is 10.1 Å². The molecule has 0 saturated heterocycles. The monoisotopic (exact) mass is 376 g/mol. The summed E-state index contributed by atoms with van der Waals surface area (Å²) in [4.78, 5) is 14.9. The number of halogens is 1. The highest BCUT2D eigenvalue weighted by atomic mass is 79.9. The lowest BCUT2D eigenvalue weighted by Crippen LogP contribution is -1.92. The Labute approximate surface area is 140 Å². The molecule has 0 N–H and O–H groups in total. The van der Waals surface area contributed by atoms with Gasteiger partial charge in [-0.3, -0.25) is 10.1 Å². The predicted molar refractivity (Wildman–Crippen MR) is 89.7 cm³/mol. The van der Waals surface area contributed by atoms with E-state index in [1.54, 1.807) is 6.92 Å². The Bertz CT molecular complexity index is 904. The third-order valence-electron chi connectivity index (χ3n) is 3.35. The first kappa shape index (κ1) is 15.5. The molecule has 2 aromatic carbocycles. The SMILES string of the molecule is CCOc1ccc(-c2nc3cc([N+](=O)[O-])cc(C)c3o2)cc1Br. The van der Waals surface area contributed by atoms with Crippen molar-refractivity contribution in [2.75, 3.05) is 6.61 Å². The summed E-state index contributed by atoms with van der Waals surface area (Å²) >= 11 is 3.45. The van der Waals surface area contributed by atoms with Crippen LogP contribution in [0.1, 0.15) is 12.5 Å². The van der Waals surface area contributed by atoms with Crippen LogP contribution in [0.2, 0.25) is 0 Å². The third kappa shape index (κ3) is 2.92. The molecular formula is C16H13BrN2O4. The summed E-state index contributed by atoms with van der Waals surface area (Å²) in [7, 11) is 0. The van der Waals surface area contributed by atoms with Crippen molar-refractivity contribution in [2.45, 2.75) is 13.8 Å². The molecule has 118 valence electrons. The van der Waals surface area contributed by atoms with Gasteiger partial charge in [0.05, 0.1) is 16.0 Å². The fraction of sp³-hybridized carbons (Fsp3) is 0.188. The molecule has 0 aliphatic carbocycles. The Balaban J connectivity index is 2.08. The Morgan fingerprint density at radius 2 is 2.13 bits per heavy atom. The lowest BCUT2D eigenvalue weighted by atomic mass is 10.2. The maximum Gasteiger partial charge on any atom is 0.272 e. The van der Waals surface area contributed by atoms with Crippen LogP contribution < -0.4 is 4.74 Å². The Morgan fingerprint density at radius 1 is 1.35 bits per heavy atom. The van der Waals surface area contributed by atoms with Gasteiger partial charge >= 0.3 is 0 Å². The van der Waals surface area contributed by atoms with Crippen molar-refractivity contribution in [1.82, 2.24) is 4.98 Å². The Hall–Kier alpha value is -2.41. The molecule has 1 heterocycles. The average Bonchev–Trinajstić information content (AvgIpc) is 2.94. The van der Waals surface area contributed by atoms with E-state index in [1.807, 2.05) is 25.1 Å². The van der Waals surface area contributed by atoms with Crippen LogP contribution in [0.3, 0.4) is 0 Å². The number of aryl methyl sites for hydroxylation is 1. The number of nitro benzene ring substituents is 1. The number of benzene rings is 2. The summed E-state index contributed by atoms with van der Waals surface area (Å²) < 4.78 is 12.0. The number of rotatable bonds is 4. The molecule has 23 heavy (non-hydrogen) atoms. The van der Waals surface area contributed by atoms with Crippen LogP contribution in [0.25, 0.3) is 22.6 Å². The number of fused-ring (bicyclic) bond motifs is 1. The Morgan fingerprint density at radius 3 is 2.78 bits per heavy atom. The first-order valence-electron chi connectivity index (χ1n) is 6.98. The number of hydrogen-bond acceptors (Lipinski definition) is 5. The number of non-ortho nitro benzene ring substituents is 1. The lowest BCUT2D eigenvalue weighted by Gasteiger charge is -2.06. The van der Waals surface area contributed by atoms with Crippen molar-refractivity contribution < 1.29 is 14.1 Å². The number of nitrogens with zero attached hydrogens (tertiary/aromatic N) is 2. The van der Waals surface area contributed by atoms with E-state index in [4.69, 9.17) is 9.15 Å². The van der Waals surface area contributed by atoms with Crippen LogP contribution in [0, 0.1) is 17.0 Å². The van der Waals surface area contributed by atoms with Crippen molar-refractivity contribution in [3.63, 3.8) is 0 Å². The fourth-order valence-corrected chi connectivity index (χ4v) is 2.81. The molecule has 7 heteroatoms. The zero-order valence-electron chi connectivity index (χ0n) is 12.5. The fourth-order valence-electron chi connectivity index (χ4n) is 2.32. The first-order chi connectivity index (χ1) is 11.0. The summed E-state index contributed by atoms with van der Waals surface area (Å²) in [5.74, 6) is 1.14. The van der Waals surface area contributed by atoms with Gasteiger partial charge in [-0.05, 0) is 48.0 Å². The lowest BCUT2D eigenvalue weighted by molar-refractivity contribution is -0.384. The van der Waals surface area contributed by atoms with Gasteiger partial charge in [0.2, 0.25) is 5.89 Å². The maximum atomic E-state index is 10.9. The highest BCUT2D eigenvalue weighted by molar-refractivity contribution is 9.10. The van der Waals surface area contributed by atoms with E-state index in [-0.39, 0.29) is 5.69 Å². The molecule has 0 bridgehead atoms. The van der Waals surface area contributed by atoms with Gasteiger partial charge in [0.15, 0.2) is 5.58 Å². The highest BCUT2D eigenvalue weighted by Crippen LogP contribution is 2.33. The number of nitro groups is 1. The van der Waals surface area contributed by atoms with E-state index in [2.05, 4.69) is 20.9 Å². The average molecular weight is 377 g/mol. The van der Waals surface area contributed by atoms with Crippen molar-refractivity contribution in [2.24, 2.45) is 0 Å². The second kappa shape index (κ2) is 6.00. The second-order valence-corrected chi connectivity index (χ2v) is 5.82. The van der Waals surface area contributed by atoms with Crippen molar-refractivity contribution in [3.05, 3.63) is 50.5 Å². The molecule has 6 nitrogen and oxygen atoms in total. The standard InChI is InChI=1S/C16H13BrN2O4/c1-3-22-14-5-4-10(7-12(14)17)16-18-13-8-11(19(20)21)6-9(2)15(13)23-16/h4-8H,3H2,1-2H3. The van der Waals surface area contributed by atoms with Crippen molar-refractivity contribution >= 4 is 32.7 Å². The minimum atomic E-state index is -0.436.